The molecule has 0 unspecified atom stereocenters. The molecule has 0 bridgehead atoms. The average Bonchev–Trinajstić information content (AvgIpc) is 3.33. The van der Waals surface area contributed by atoms with Crippen LogP contribution in [0.25, 0.3) is 77.5 Å². The summed E-state index contributed by atoms with van der Waals surface area (Å²) in [6.45, 7) is 0. The maximum Gasteiger partial charge on any atom is 0.0462 e. The number of rotatable bonds is 9. The first-order chi connectivity index (χ1) is 29.2. The molecule has 1 heteroatoms. The number of hydrogen-bond acceptors (Lipinski definition) is 1. The molecule has 0 radical (unpaired) electrons. The van der Waals surface area contributed by atoms with Crippen molar-refractivity contribution in [2.24, 2.45) is 0 Å². The van der Waals surface area contributed by atoms with Crippen LogP contribution in [0.2, 0.25) is 0 Å². The highest BCUT2D eigenvalue weighted by atomic mass is 15.1. The van der Waals surface area contributed by atoms with Gasteiger partial charge in [-0.15, -0.1) is 0 Å². The molecular formula is C58H41N. The fourth-order valence-electron chi connectivity index (χ4n) is 8.10. The molecule has 10 aromatic carbocycles. The Morgan fingerprint density at radius 2 is 0.441 bits per heavy atom. The van der Waals surface area contributed by atoms with Gasteiger partial charge in [-0.2, -0.15) is 0 Å². The van der Waals surface area contributed by atoms with E-state index in [-0.39, 0.29) is 0 Å². The molecule has 278 valence electrons. The fraction of sp³-hybridized carbons (Fsp3) is 0. The van der Waals surface area contributed by atoms with Crippen molar-refractivity contribution in [1.29, 1.82) is 0 Å². The molecule has 59 heavy (non-hydrogen) atoms. The Kier molecular flexibility index (Phi) is 9.68. The molecule has 0 spiro atoms. The number of nitrogens with zero attached hydrogens (tertiary/aromatic N) is 1. The third-order valence-electron chi connectivity index (χ3n) is 11.3. The van der Waals surface area contributed by atoms with E-state index in [0.29, 0.717) is 0 Å². The molecule has 0 N–H and O–H groups in total. The van der Waals surface area contributed by atoms with Crippen LogP contribution in [0.15, 0.2) is 249 Å². The lowest BCUT2D eigenvalue weighted by Gasteiger charge is -2.26. The summed E-state index contributed by atoms with van der Waals surface area (Å²) >= 11 is 0. The summed E-state index contributed by atoms with van der Waals surface area (Å²) in [6.07, 6.45) is 0. The van der Waals surface area contributed by atoms with Gasteiger partial charge in [-0.25, -0.2) is 0 Å². The Morgan fingerprint density at radius 1 is 0.169 bits per heavy atom. The van der Waals surface area contributed by atoms with E-state index in [1.54, 1.807) is 0 Å². The molecule has 10 aromatic rings. The summed E-state index contributed by atoms with van der Waals surface area (Å²) in [4.78, 5) is 2.35. The highest BCUT2D eigenvalue weighted by molar-refractivity contribution is 5.88. The van der Waals surface area contributed by atoms with Crippen molar-refractivity contribution in [3.05, 3.63) is 249 Å². The summed E-state index contributed by atoms with van der Waals surface area (Å²) in [7, 11) is 0. The Labute approximate surface area is 346 Å². The molecule has 0 aliphatic rings. The van der Waals surface area contributed by atoms with Crippen LogP contribution in [0.3, 0.4) is 0 Å². The monoisotopic (exact) mass is 751 g/mol. The number of benzene rings is 10. The van der Waals surface area contributed by atoms with Gasteiger partial charge in [0.1, 0.15) is 0 Å². The highest BCUT2D eigenvalue weighted by Gasteiger charge is 2.15. The smallest absolute Gasteiger partial charge is 0.0462 e. The second-order valence-electron chi connectivity index (χ2n) is 15.0. The van der Waals surface area contributed by atoms with Crippen molar-refractivity contribution in [3.8, 4) is 66.8 Å². The van der Waals surface area contributed by atoms with Crippen LogP contribution >= 0.6 is 0 Å². The lowest BCUT2D eigenvalue weighted by molar-refractivity contribution is 1.28. The topological polar surface area (TPSA) is 3.24 Å². The van der Waals surface area contributed by atoms with Gasteiger partial charge >= 0.3 is 0 Å². The quantitative estimate of drug-likeness (QED) is 0.142. The predicted molar refractivity (Wildman–Crippen MR) is 251 cm³/mol. The van der Waals surface area contributed by atoms with Gasteiger partial charge in [0, 0.05) is 17.1 Å². The molecule has 0 atom stereocenters. The van der Waals surface area contributed by atoms with E-state index < -0.39 is 0 Å². The summed E-state index contributed by atoms with van der Waals surface area (Å²) in [5.74, 6) is 0. The zero-order chi connectivity index (χ0) is 39.4. The van der Waals surface area contributed by atoms with E-state index in [2.05, 4.69) is 254 Å². The minimum Gasteiger partial charge on any atom is -0.311 e. The van der Waals surface area contributed by atoms with Gasteiger partial charge in [0.05, 0.1) is 0 Å². The second-order valence-corrected chi connectivity index (χ2v) is 15.0. The van der Waals surface area contributed by atoms with Crippen LogP contribution in [0.1, 0.15) is 0 Å². The van der Waals surface area contributed by atoms with E-state index in [9.17, 15) is 0 Å². The van der Waals surface area contributed by atoms with Gasteiger partial charge in [-0.05, 0) is 132 Å². The van der Waals surface area contributed by atoms with Crippen LogP contribution in [-0.4, -0.2) is 0 Å². The molecular weight excluding hydrogens is 711 g/mol. The number of hydrogen-bond donors (Lipinski definition) is 0. The third kappa shape index (κ3) is 7.58. The standard InChI is InChI=1S/C58H41N/c1-3-11-42(12-4-1)51-17-9-19-53(39-51)48-29-35-57(36-30-48)59(58-37-31-49(32-38-58)54-20-10-18-52(40-54)43-13-5-2-6-14-43)56-33-27-46(28-34-56)45-21-23-47(24-22-45)55-26-25-44-15-7-8-16-50(44)41-55/h1-41H. The lowest BCUT2D eigenvalue weighted by atomic mass is 9.98. The maximum atomic E-state index is 2.35. The van der Waals surface area contributed by atoms with E-state index >= 15 is 0 Å². The Morgan fingerprint density at radius 3 is 0.847 bits per heavy atom. The van der Waals surface area contributed by atoms with Gasteiger partial charge in [0.2, 0.25) is 0 Å². The predicted octanol–water partition coefficient (Wildman–Crippen LogP) is 16.3. The zero-order valence-corrected chi connectivity index (χ0v) is 32.6. The van der Waals surface area contributed by atoms with Crippen molar-refractivity contribution in [1.82, 2.24) is 0 Å². The SMILES string of the molecule is c1ccc(-c2cccc(-c3ccc(N(c4ccc(-c5ccc(-c6ccc7ccccc7c6)cc5)cc4)c4ccc(-c5cccc(-c6ccccc6)c5)cc4)cc3)c2)cc1. The van der Waals surface area contributed by atoms with E-state index in [1.807, 2.05) is 0 Å². The first kappa shape index (κ1) is 35.7. The first-order valence-corrected chi connectivity index (χ1v) is 20.2. The van der Waals surface area contributed by atoms with Crippen molar-refractivity contribution in [2.75, 3.05) is 4.90 Å². The molecule has 0 saturated carbocycles. The molecule has 0 fully saturated rings. The Balaban J connectivity index is 0.967. The molecule has 0 saturated heterocycles. The van der Waals surface area contributed by atoms with E-state index in [1.165, 1.54) is 77.5 Å². The first-order valence-electron chi connectivity index (χ1n) is 20.2. The molecule has 1 nitrogen and oxygen atoms in total. The minimum absolute atomic E-state index is 1.10. The van der Waals surface area contributed by atoms with Crippen LogP contribution < -0.4 is 4.90 Å². The van der Waals surface area contributed by atoms with Crippen molar-refractivity contribution in [3.63, 3.8) is 0 Å². The zero-order valence-electron chi connectivity index (χ0n) is 32.6. The second kappa shape index (κ2) is 16.0. The van der Waals surface area contributed by atoms with Gasteiger partial charge in [-0.3, -0.25) is 0 Å². The molecule has 10 rings (SSSR count). The average molecular weight is 752 g/mol. The Hall–Kier alpha value is -7.74. The minimum atomic E-state index is 1.10. The lowest BCUT2D eigenvalue weighted by Crippen LogP contribution is -2.09. The third-order valence-corrected chi connectivity index (χ3v) is 11.3. The molecule has 0 amide bonds. The molecule has 0 aliphatic carbocycles. The maximum absolute atomic E-state index is 2.35. The summed E-state index contributed by atoms with van der Waals surface area (Å²) in [5.41, 5.74) is 17.7. The normalized spacial score (nSPS) is 11.1. The Bertz CT molecular complexity index is 2860. The van der Waals surface area contributed by atoms with Crippen LogP contribution in [-0.2, 0) is 0 Å². The van der Waals surface area contributed by atoms with Crippen molar-refractivity contribution in [2.45, 2.75) is 0 Å². The van der Waals surface area contributed by atoms with Gasteiger partial charge in [0.25, 0.3) is 0 Å². The van der Waals surface area contributed by atoms with Gasteiger partial charge < -0.3 is 4.90 Å². The van der Waals surface area contributed by atoms with Crippen molar-refractivity contribution >= 4 is 27.8 Å². The molecule has 0 aromatic heterocycles. The van der Waals surface area contributed by atoms with E-state index in [4.69, 9.17) is 0 Å². The largest absolute Gasteiger partial charge is 0.311 e. The highest BCUT2D eigenvalue weighted by Crippen LogP contribution is 2.39. The number of anilines is 3. The summed E-state index contributed by atoms with van der Waals surface area (Å²) in [5, 5.41) is 2.52. The summed E-state index contributed by atoms with van der Waals surface area (Å²) in [6, 6.07) is 89.7. The molecule has 0 aliphatic heterocycles. The van der Waals surface area contributed by atoms with E-state index in [0.717, 1.165) is 17.1 Å². The van der Waals surface area contributed by atoms with Crippen LogP contribution in [0.5, 0.6) is 0 Å². The van der Waals surface area contributed by atoms with Gasteiger partial charge in [-0.1, -0.05) is 194 Å². The van der Waals surface area contributed by atoms with Gasteiger partial charge in [0.15, 0.2) is 0 Å². The van der Waals surface area contributed by atoms with Crippen LogP contribution in [0.4, 0.5) is 17.1 Å². The summed E-state index contributed by atoms with van der Waals surface area (Å²) < 4.78 is 0. The van der Waals surface area contributed by atoms with Crippen LogP contribution in [0, 0.1) is 0 Å². The van der Waals surface area contributed by atoms with Crippen molar-refractivity contribution < 1.29 is 0 Å². The number of fused-ring (bicyclic) bond motifs is 1. The fourth-order valence-corrected chi connectivity index (χ4v) is 8.10. The molecule has 0 heterocycles.